The van der Waals surface area contributed by atoms with Crippen LogP contribution in [-0.2, 0) is 36.6 Å². The molecule has 0 radical (unpaired) electrons. The van der Waals surface area contributed by atoms with E-state index in [0.717, 1.165) is 70.1 Å². The van der Waals surface area contributed by atoms with Gasteiger partial charge >= 0.3 is 6.09 Å². The van der Waals surface area contributed by atoms with E-state index in [0.29, 0.717) is 76.5 Å². The van der Waals surface area contributed by atoms with Crippen LogP contribution in [0.3, 0.4) is 0 Å². The molecule has 4 aromatic heterocycles. The molecule has 0 unspecified atom stereocenters. The van der Waals surface area contributed by atoms with Gasteiger partial charge < -0.3 is 44.4 Å². The van der Waals surface area contributed by atoms with Crippen molar-refractivity contribution in [2.75, 3.05) is 70.0 Å². The first-order valence-electron chi connectivity index (χ1n) is 27.9. The van der Waals surface area contributed by atoms with Crippen molar-refractivity contribution in [1.29, 1.82) is 0 Å². The summed E-state index contributed by atoms with van der Waals surface area (Å²) in [5.41, 5.74) is 9.04. The van der Waals surface area contributed by atoms with Gasteiger partial charge in [-0.3, -0.25) is 19.0 Å². The molecule has 20 heteroatoms. The lowest BCUT2D eigenvalue weighted by atomic mass is 9.99. The zero-order valence-corrected chi connectivity index (χ0v) is 48.7. The smallest absolute Gasteiger partial charge is 0.410 e. The highest BCUT2D eigenvalue weighted by Crippen LogP contribution is 2.29. The van der Waals surface area contributed by atoms with Gasteiger partial charge in [0.2, 0.25) is 23.7 Å². The van der Waals surface area contributed by atoms with Gasteiger partial charge in [0.15, 0.2) is 0 Å². The van der Waals surface area contributed by atoms with E-state index >= 15 is 0 Å². The Bertz CT molecular complexity index is 3130. The molecule has 3 amide bonds. The number of rotatable bonds is 16. The van der Waals surface area contributed by atoms with Crippen LogP contribution >= 0.6 is 0 Å². The molecule has 0 spiro atoms. The van der Waals surface area contributed by atoms with Crippen molar-refractivity contribution >= 4 is 41.2 Å². The second-order valence-corrected chi connectivity index (χ2v) is 24.7. The van der Waals surface area contributed by atoms with Crippen molar-refractivity contribution < 1.29 is 28.6 Å². The number of anilines is 4. The molecule has 8 heterocycles. The number of aryl methyl sites for hydroxylation is 4. The van der Waals surface area contributed by atoms with E-state index in [1.807, 2.05) is 118 Å². The average molecular weight is 1090 g/mol. The number of aromatic nitrogens is 8. The number of likely N-dealkylation sites (tertiary alicyclic amines) is 4. The number of nitrogens with zero attached hydrogens (tertiary/aromatic N) is 12. The fraction of sp³-hybridized carbons (Fsp3) is 0.517. The van der Waals surface area contributed by atoms with Gasteiger partial charge in [0.05, 0.1) is 70.7 Å². The summed E-state index contributed by atoms with van der Waals surface area (Å²) >= 11 is 0. The number of amides is 3. The Labute approximate surface area is 470 Å². The van der Waals surface area contributed by atoms with Gasteiger partial charge in [0.25, 0.3) is 0 Å². The van der Waals surface area contributed by atoms with Crippen molar-refractivity contribution in [2.24, 2.45) is 0 Å². The van der Waals surface area contributed by atoms with Crippen LogP contribution < -0.4 is 10.6 Å². The number of carbonyl (C=O) groups is 3. The summed E-state index contributed by atoms with van der Waals surface area (Å²) in [5, 5.41) is 15.4. The molecule has 4 aliphatic rings. The Morgan fingerprint density at radius 2 is 0.988 bits per heavy atom. The van der Waals surface area contributed by atoms with Crippen LogP contribution in [-0.4, -0.2) is 165 Å². The van der Waals surface area contributed by atoms with Crippen LogP contribution in [0, 0.1) is 13.8 Å². The highest BCUT2D eigenvalue weighted by Gasteiger charge is 2.37. The SMILES string of the molecule is Cc1cc(-c2ccnc(Nc3cnn(C4CN(C(=O)OC(C)(C)C)C4)c3)n2)ccc1CCC(=O)N1CC(OC(C)(C)C)C1.Cc1cc(-c2ccnc(Nc3cnn(C4CN(C)C4)c3)n2)ccc1CCC(=O)N1CC(OC(C)(C)C)C1. The van der Waals surface area contributed by atoms with Gasteiger partial charge in [-0.1, -0.05) is 24.3 Å². The summed E-state index contributed by atoms with van der Waals surface area (Å²) < 4.78 is 21.2. The third kappa shape index (κ3) is 15.3. The number of hydrogen-bond acceptors (Lipinski definition) is 15. The second kappa shape index (κ2) is 23.8. The summed E-state index contributed by atoms with van der Waals surface area (Å²) in [6, 6.07) is 16.9. The van der Waals surface area contributed by atoms with E-state index in [-0.39, 0.29) is 47.4 Å². The molecule has 4 aliphatic heterocycles. The fourth-order valence-electron chi connectivity index (χ4n) is 10.1. The standard InChI is InChI=1S/C32H43N7O4.C28H37N7O2/c1-21-14-23(9-8-22(21)10-11-28(40)37-19-26(20-37)42-31(2,3)4)27-12-13-33-29(36-27)35-24-15-34-39(16-24)25-17-38(18-25)30(41)43-32(5,6)7;1-19-12-21(7-6-20(19)8-9-26(36)34-17-24(18-34)37-28(2,3)4)25-10-11-29-27(32-25)31-22-13-30-35(14-22)23-15-33(5)16-23/h8-9,12-16,25-26H,10-11,17-20H2,1-7H3,(H,33,35,36);6-7,10-14,23-24H,8-9,15-18H2,1-5H3,(H,29,31,32). The van der Waals surface area contributed by atoms with Gasteiger partial charge in [-0.15, -0.1) is 0 Å². The number of likely N-dealkylation sites (N-methyl/N-ethyl adjacent to an activating group) is 1. The third-order valence-electron chi connectivity index (χ3n) is 14.3. The Balaban J connectivity index is 0.000000196. The van der Waals surface area contributed by atoms with Crippen molar-refractivity contribution in [1.82, 2.24) is 59.1 Å². The van der Waals surface area contributed by atoms with Crippen molar-refractivity contribution in [2.45, 2.75) is 143 Å². The summed E-state index contributed by atoms with van der Waals surface area (Å²) in [4.78, 5) is 63.4. The van der Waals surface area contributed by atoms with Crippen LogP contribution in [0.2, 0.25) is 0 Å². The Morgan fingerprint density at radius 3 is 1.38 bits per heavy atom. The molecule has 0 aliphatic carbocycles. The largest absolute Gasteiger partial charge is 0.444 e. The highest BCUT2D eigenvalue weighted by atomic mass is 16.6. The van der Waals surface area contributed by atoms with E-state index < -0.39 is 5.60 Å². The summed E-state index contributed by atoms with van der Waals surface area (Å²) in [6.45, 7) is 27.9. The molecule has 4 saturated heterocycles. The maximum absolute atomic E-state index is 12.7. The minimum atomic E-state index is -0.513. The first kappa shape index (κ1) is 57.4. The lowest BCUT2D eigenvalue weighted by Gasteiger charge is -2.42. The molecule has 6 aromatic rings. The normalized spacial score (nSPS) is 16.5. The number of ether oxygens (including phenoxy) is 3. The predicted molar refractivity (Wildman–Crippen MR) is 308 cm³/mol. The number of hydrogen-bond donors (Lipinski definition) is 2. The van der Waals surface area contributed by atoms with Crippen molar-refractivity contribution in [3.63, 3.8) is 0 Å². The third-order valence-corrected chi connectivity index (χ3v) is 14.3. The molecule has 80 heavy (non-hydrogen) atoms. The van der Waals surface area contributed by atoms with E-state index in [2.05, 4.69) is 86.9 Å². The topological polar surface area (TPSA) is 203 Å². The molecular weight excluding hydrogens is 1010 g/mol. The van der Waals surface area contributed by atoms with Crippen LogP contribution in [0.5, 0.6) is 0 Å². The molecule has 2 aromatic carbocycles. The van der Waals surface area contributed by atoms with Crippen LogP contribution in [0.4, 0.5) is 28.1 Å². The van der Waals surface area contributed by atoms with Crippen molar-refractivity contribution in [3.8, 4) is 22.5 Å². The average Bonchev–Trinajstić information content (AvgIpc) is 4.04. The molecular formula is C60H80N14O6. The zero-order chi connectivity index (χ0) is 57.1. The lowest BCUT2D eigenvalue weighted by Crippen LogP contribution is -2.56. The molecule has 0 bridgehead atoms. The van der Waals surface area contributed by atoms with Crippen LogP contribution in [0.15, 0.2) is 85.7 Å². The van der Waals surface area contributed by atoms with E-state index in [4.69, 9.17) is 24.2 Å². The molecule has 0 saturated carbocycles. The van der Waals surface area contributed by atoms with Gasteiger partial charge in [-0.2, -0.15) is 10.2 Å². The first-order valence-corrected chi connectivity index (χ1v) is 27.9. The first-order chi connectivity index (χ1) is 37.8. The van der Waals surface area contributed by atoms with E-state index in [9.17, 15) is 14.4 Å². The van der Waals surface area contributed by atoms with Crippen molar-refractivity contribution in [3.05, 3.63) is 108 Å². The molecule has 20 nitrogen and oxygen atoms in total. The molecule has 0 atom stereocenters. The minimum Gasteiger partial charge on any atom is -0.444 e. The minimum absolute atomic E-state index is 0.0948. The quantitative estimate of drug-likeness (QED) is 0.0929. The van der Waals surface area contributed by atoms with E-state index in [1.54, 1.807) is 23.5 Å². The fourth-order valence-corrected chi connectivity index (χ4v) is 10.1. The second-order valence-electron chi connectivity index (χ2n) is 24.7. The monoisotopic (exact) mass is 1090 g/mol. The number of benzene rings is 2. The van der Waals surface area contributed by atoms with Gasteiger partial charge in [-0.05, 0) is 143 Å². The maximum atomic E-state index is 12.7. The van der Waals surface area contributed by atoms with Gasteiger partial charge in [0, 0.05) is 101 Å². The van der Waals surface area contributed by atoms with Gasteiger partial charge in [-0.25, -0.2) is 24.7 Å². The Morgan fingerprint density at radius 1 is 0.562 bits per heavy atom. The number of nitrogens with one attached hydrogen (secondary N) is 2. The maximum Gasteiger partial charge on any atom is 0.410 e. The Kier molecular flexibility index (Phi) is 17.1. The summed E-state index contributed by atoms with van der Waals surface area (Å²) in [6.07, 6.45) is 13.3. The molecule has 4 fully saturated rings. The molecule has 426 valence electrons. The van der Waals surface area contributed by atoms with E-state index in [1.165, 1.54) is 5.56 Å². The zero-order valence-electron chi connectivity index (χ0n) is 48.7. The number of carbonyl (C=O) groups excluding carboxylic acids is 3. The summed E-state index contributed by atoms with van der Waals surface area (Å²) in [5.74, 6) is 1.37. The van der Waals surface area contributed by atoms with Gasteiger partial charge in [0.1, 0.15) is 5.60 Å². The van der Waals surface area contributed by atoms with Crippen LogP contribution in [0.1, 0.15) is 109 Å². The molecule has 10 rings (SSSR count). The Hall–Kier alpha value is -7.29. The highest BCUT2D eigenvalue weighted by molar-refractivity contribution is 5.78. The molecule has 2 N–H and O–H groups in total. The summed E-state index contributed by atoms with van der Waals surface area (Å²) in [7, 11) is 2.11. The predicted octanol–water partition coefficient (Wildman–Crippen LogP) is 8.98. The van der Waals surface area contributed by atoms with Crippen LogP contribution in [0.25, 0.3) is 22.5 Å². The lowest BCUT2D eigenvalue weighted by molar-refractivity contribution is -0.157.